The Kier molecular flexibility index (Phi) is 5.12. The number of halogens is 1. The van der Waals surface area contributed by atoms with Gasteiger partial charge in [-0.05, 0) is 36.8 Å². The highest BCUT2D eigenvalue weighted by Crippen LogP contribution is 2.20. The summed E-state index contributed by atoms with van der Waals surface area (Å²) in [5, 5.41) is 14.3. The van der Waals surface area contributed by atoms with E-state index in [0.717, 1.165) is 5.56 Å². The van der Waals surface area contributed by atoms with Gasteiger partial charge in [0.15, 0.2) is 11.2 Å². The number of nitrogens with zero attached hydrogens (tertiary/aromatic N) is 4. The summed E-state index contributed by atoms with van der Waals surface area (Å²) < 4.78 is 16.1. The van der Waals surface area contributed by atoms with Crippen LogP contribution in [0.2, 0.25) is 0 Å². The first-order valence-corrected chi connectivity index (χ1v) is 9.38. The minimum absolute atomic E-state index is 0.0733. The topological polar surface area (TPSA) is 117 Å². The maximum atomic E-state index is 13.3. The number of aromatic hydroxyl groups is 1. The molecule has 2 heterocycles. The summed E-state index contributed by atoms with van der Waals surface area (Å²) in [6.07, 6.45) is 0. The van der Waals surface area contributed by atoms with Crippen molar-refractivity contribution in [1.29, 1.82) is 0 Å². The number of hydrazone groups is 1. The molecule has 31 heavy (non-hydrogen) atoms. The lowest BCUT2D eigenvalue weighted by molar-refractivity contribution is 0.474. The predicted octanol–water partition coefficient (Wildman–Crippen LogP) is 2.15. The van der Waals surface area contributed by atoms with Crippen molar-refractivity contribution < 1.29 is 9.50 Å². The Labute approximate surface area is 175 Å². The number of aromatic nitrogens is 4. The SMILES string of the molecule is C/C(=N\Nc1nc2c(c(=O)[nH]c(=O)n2C)n1Cc1ccc(F)cc1)c1ccccc1O. The fourth-order valence-corrected chi connectivity index (χ4v) is 3.22. The molecule has 0 saturated carbocycles. The van der Waals surface area contributed by atoms with Crippen molar-refractivity contribution in [3.05, 3.63) is 86.3 Å². The molecule has 9 nitrogen and oxygen atoms in total. The van der Waals surface area contributed by atoms with Gasteiger partial charge in [0.1, 0.15) is 11.6 Å². The summed E-state index contributed by atoms with van der Waals surface area (Å²) in [7, 11) is 1.50. The lowest BCUT2D eigenvalue weighted by Crippen LogP contribution is -2.29. The van der Waals surface area contributed by atoms with E-state index in [0.29, 0.717) is 11.3 Å². The minimum Gasteiger partial charge on any atom is -0.507 e. The number of para-hydroxylation sites is 1. The summed E-state index contributed by atoms with van der Waals surface area (Å²) in [4.78, 5) is 31.2. The van der Waals surface area contributed by atoms with Crippen molar-refractivity contribution in [3.8, 4) is 5.75 Å². The molecule has 0 radical (unpaired) electrons. The van der Waals surface area contributed by atoms with Crippen LogP contribution in [0.5, 0.6) is 5.75 Å². The van der Waals surface area contributed by atoms with Gasteiger partial charge < -0.3 is 5.11 Å². The number of benzene rings is 2. The Balaban J connectivity index is 1.83. The zero-order chi connectivity index (χ0) is 22.1. The van der Waals surface area contributed by atoms with Crippen LogP contribution in [0.15, 0.2) is 63.2 Å². The molecule has 3 N–H and O–H groups in total. The molecule has 10 heteroatoms. The van der Waals surface area contributed by atoms with E-state index in [1.807, 2.05) is 0 Å². The molecule has 2 aromatic carbocycles. The lowest BCUT2D eigenvalue weighted by Gasteiger charge is -2.09. The van der Waals surface area contributed by atoms with E-state index in [1.54, 1.807) is 47.9 Å². The summed E-state index contributed by atoms with van der Waals surface area (Å²) in [6.45, 7) is 1.89. The Morgan fingerprint density at radius 1 is 1.19 bits per heavy atom. The zero-order valence-corrected chi connectivity index (χ0v) is 16.8. The Morgan fingerprint density at radius 2 is 1.90 bits per heavy atom. The maximum absolute atomic E-state index is 13.3. The van der Waals surface area contributed by atoms with Crippen LogP contribution in [-0.4, -0.2) is 29.9 Å². The van der Waals surface area contributed by atoms with E-state index in [4.69, 9.17) is 0 Å². The van der Waals surface area contributed by atoms with Crippen molar-refractivity contribution in [2.24, 2.45) is 12.1 Å². The molecular weight excluding hydrogens is 403 g/mol. The monoisotopic (exact) mass is 422 g/mol. The van der Waals surface area contributed by atoms with Crippen LogP contribution in [0.3, 0.4) is 0 Å². The number of hydrogen-bond acceptors (Lipinski definition) is 6. The van der Waals surface area contributed by atoms with E-state index in [1.165, 1.54) is 23.7 Å². The average Bonchev–Trinajstić information content (AvgIpc) is 3.11. The fraction of sp³-hybridized carbons (Fsp3) is 0.143. The number of aryl methyl sites for hydroxylation is 1. The normalized spacial score (nSPS) is 11.8. The lowest BCUT2D eigenvalue weighted by atomic mass is 10.1. The summed E-state index contributed by atoms with van der Waals surface area (Å²) >= 11 is 0. The van der Waals surface area contributed by atoms with Crippen molar-refractivity contribution >= 4 is 22.8 Å². The molecule has 0 atom stereocenters. The quantitative estimate of drug-likeness (QED) is 0.337. The smallest absolute Gasteiger partial charge is 0.329 e. The van der Waals surface area contributed by atoms with Crippen LogP contribution in [0.4, 0.5) is 10.3 Å². The van der Waals surface area contributed by atoms with Crippen LogP contribution < -0.4 is 16.7 Å². The van der Waals surface area contributed by atoms with Crippen LogP contribution in [0.25, 0.3) is 11.2 Å². The highest BCUT2D eigenvalue weighted by atomic mass is 19.1. The number of H-pyrrole nitrogens is 1. The van der Waals surface area contributed by atoms with E-state index in [2.05, 4.69) is 20.5 Å². The van der Waals surface area contributed by atoms with Gasteiger partial charge in [0.2, 0.25) is 5.95 Å². The van der Waals surface area contributed by atoms with Crippen molar-refractivity contribution in [2.45, 2.75) is 13.5 Å². The van der Waals surface area contributed by atoms with Gasteiger partial charge in [0, 0.05) is 12.6 Å². The molecular formula is C21H19FN6O3. The second-order valence-electron chi connectivity index (χ2n) is 6.96. The van der Waals surface area contributed by atoms with Crippen LogP contribution in [-0.2, 0) is 13.6 Å². The van der Waals surface area contributed by atoms with Gasteiger partial charge in [-0.25, -0.2) is 14.6 Å². The average molecular weight is 422 g/mol. The molecule has 0 aliphatic rings. The number of aromatic amines is 1. The van der Waals surface area contributed by atoms with Crippen LogP contribution in [0, 0.1) is 5.82 Å². The Hall–Kier alpha value is -4.21. The van der Waals surface area contributed by atoms with Crippen LogP contribution in [0.1, 0.15) is 18.1 Å². The third-order valence-corrected chi connectivity index (χ3v) is 4.88. The first-order valence-electron chi connectivity index (χ1n) is 9.38. The highest BCUT2D eigenvalue weighted by molar-refractivity contribution is 6.01. The second kappa shape index (κ2) is 7.90. The molecule has 0 amide bonds. The van der Waals surface area contributed by atoms with Crippen molar-refractivity contribution in [2.75, 3.05) is 5.43 Å². The molecule has 0 aliphatic heterocycles. The molecule has 0 unspecified atom stereocenters. The van der Waals surface area contributed by atoms with Gasteiger partial charge in [-0.15, -0.1) is 0 Å². The highest BCUT2D eigenvalue weighted by Gasteiger charge is 2.18. The molecule has 0 fully saturated rings. The summed E-state index contributed by atoms with van der Waals surface area (Å²) in [6, 6.07) is 12.6. The summed E-state index contributed by atoms with van der Waals surface area (Å²) in [5.74, 6) is -0.0919. The number of phenols is 1. The molecule has 0 saturated heterocycles. The van der Waals surface area contributed by atoms with E-state index in [9.17, 15) is 19.1 Å². The third-order valence-electron chi connectivity index (χ3n) is 4.88. The van der Waals surface area contributed by atoms with Gasteiger partial charge in [0.25, 0.3) is 5.56 Å². The third kappa shape index (κ3) is 3.82. The summed E-state index contributed by atoms with van der Waals surface area (Å²) in [5.41, 5.74) is 3.71. The number of hydrogen-bond donors (Lipinski definition) is 3. The minimum atomic E-state index is -0.595. The molecule has 158 valence electrons. The molecule has 0 spiro atoms. The van der Waals surface area contributed by atoms with E-state index in [-0.39, 0.29) is 35.2 Å². The first kappa shape index (κ1) is 20.1. The molecule has 0 bridgehead atoms. The van der Waals surface area contributed by atoms with E-state index < -0.39 is 11.2 Å². The van der Waals surface area contributed by atoms with Gasteiger partial charge >= 0.3 is 5.69 Å². The van der Waals surface area contributed by atoms with Gasteiger partial charge in [-0.1, -0.05) is 24.3 Å². The number of imidazole rings is 1. The standard InChI is InChI=1S/C21H19FN6O3/c1-12(15-5-3-4-6-16(15)29)25-26-20-23-18-17(19(30)24-21(31)27(18)2)28(20)11-13-7-9-14(22)10-8-13/h3-10,29H,11H2,1-2H3,(H,23,26)(H,24,30,31)/b25-12+. The Morgan fingerprint density at radius 3 is 2.61 bits per heavy atom. The molecule has 0 aliphatic carbocycles. The number of anilines is 1. The largest absolute Gasteiger partial charge is 0.507 e. The van der Waals surface area contributed by atoms with Gasteiger partial charge in [-0.2, -0.15) is 10.1 Å². The number of phenolic OH excluding ortho intramolecular Hbond substituents is 1. The van der Waals surface area contributed by atoms with Crippen LogP contribution >= 0.6 is 0 Å². The van der Waals surface area contributed by atoms with Gasteiger partial charge in [0.05, 0.1) is 12.3 Å². The number of nitrogens with one attached hydrogen (secondary N) is 2. The van der Waals surface area contributed by atoms with Gasteiger partial charge in [-0.3, -0.25) is 18.9 Å². The van der Waals surface area contributed by atoms with Crippen molar-refractivity contribution in [1.82, 2.24) is 19.1 Å². The predicted molar refractivity (Wildman–Crippen MR) is 115 cm³/mol. The molecule has 4 rings (SSSR count). The van der Waals surface area contributed by atoms with Crippen molar-refractivity contribution in [3.63, 3.8) is 0 Å². The number of rotatable bonds is 5. The fourth-order valence-electron chi connectivity index (χ4n) is 3.22. The second-order valence-corrected chi connectivity index (χ2v) is 6.96. The maximum Gasteiger partial charge on any atom is 0.329 e. The molecule has 4 aromatic rings. The Bertz CT molecular complexity index is 1420. The zero-order valence-electron chi connectivity index (χ0n) is 16.8. The van der Waals surface area contributed by atoms with E-state index >= 15 is 0 Å². The molecule has 2 aromatic heterocycles. The first-order chi connectivity index (χ1) is 14.8. The number of fused-ring (bicyclic) bond motifs is 1.